The summed E-state index contributed by atoms with van der Waals surface area (Å²) in [5, 5.41) is -0.142. The Bertz CT molecular complexity index is 197. The number of halogens is 1. The van der Waals surface area contributed by atoms with Crippen LogP contribution in [0.1, 0.15) is 12.8 Å². The quantitative estimate of drug-likeness (QED) is 0.419. The molecule has 1 fully saturated rings. The van der Waals surface area contributed by atoms with E-state index in [0.29, 0.717) is 11.8 Å². The number of fused-ring (bicyclic) bond motifs is 2. The summed E-state index contributed by atoms with van der Waals surface area (Å²) < 4.78 is 0. The van der Waals surface area contributed by atoms with Crippen molar-refractivity contribution in [2.75, 3.05) is 0 Å². The van der Waals surface area contributed by atoms with Crippen LogP contribution in [0.4, 0.5) is 0 Å². The van der Waals surface area contributed by atoms with Gasteiger partial charge < -0.3 is 0 Å². The zero-order valence-electron chi connectivity index (χ0n) is 5.59. The van der Waals surface area contributed by atoms with Crippen molar-refractivity contribution in [3.05, 3.63) is 12.2 Å². The molecular weight excluding hydrogens is 148 g/mol. The molecule has 0 aromatic heterocycles. The Balaban J connectivity index is 2.16. The molecule has 0 aromatic carbocycles. The number of hydrogen-bond donors (Lipinski definition) is 0. The Hall–Kier alpha value is -0.300. The predicted molar refractivity (Wildman–Crippen MR) is 39.7 cm³/mol. The van der Waals surface area contributed by atoms with Crippen molar-refractivity contribution in [3.63, 3.8) is 0 Å². The maximum Gasteiger partial charge on any atom is 0.225 e. The minimum Gasteiger partial charge on any atom is -0.281 e. The van der Waals surface area contributed by atoms with Gasteiger partial charge in [0.05, 0.1) is 0 Å². The SMILES string of the molecule is O=C(Cl)[C@H]1C[C@H]2C=C[C@H]1C2. The van der Waals surface area contributed by atoms with E-state index in [0.717, 1.165) is 12.8 Å². The maximum atomic E-state index is 10.8. The average molecular weight is 157 g/mol. The molecule has 2 bridgehead atoms. The van der Waals surface area contributed by atoms with E-state index >= 15 is 0 Å². The monoisotopic (exact) mass is 156 g/mol. The fraction of sp³-hybridized carbons (Fsp3) is 0.625. The molecule has 2 rings (SSSR count). The number of hydrogen-bond acceptors (Lipinski definition) is 1. The van der Waals surface area contributed by atoms with Crippen LogP contribution in [0.3, 0.4) is 0 Å². The van der Waals surface area contributed by atoms with Gasteiger partial charge in [-0.1, -0.05) is 12.2 Å². The summed E-state index contributed by atoms with van der Waals surface area (Å²) >= 11 is 5.41. The highest BCUT2D eigenvalue weighted by molar-refractivity contribution is 6.64. The van der Waals surface area contributed by atoms with Crippen LogP contribution in [-0.4, -0.2) is 5.24 Å². The molecular formula is C8H9ClO. The standard InChI is InChI=1S/C8H9ClO/c9-8(10)7-4-5-1-2-6(7)3-5/h1-2,5-7H,3-4H2/t5-,6-,7-/m0/s1. The highest BCUT2D eigenvalue weighted by atomic mass is 35.5. The predicted octanol–water partition coefficient (Wildman–Crippen LogP) is 1.96. The van der Waals surface area contributed by atoms with Crippen LogP contribution in [0.25, 0.3) is 0 Å². The number of carbonyl (C=O) groups excluding carboxylic acids is 1. The van der Waals surface area contributed by atoms with Gasteiger partial charge in [0, 0.05) is 5.92 Å². The minimum absolute atomic E-state index is 0.136. The highest BCUT2D eigenvalue weighted by Crippen LogP contribution is 2.44. The van der Waals surface area contributed by atoms with Crippen molar-refractivity contribution in [2.24, 2.45) is 17.8 Å². The molecule has 0 unspecified atom stereocenters. The third-order valence-electron chi connectivity index (χ3n) is 2.57. The molecule has 2 heteroatoms. The second kappa shape index (κ2) is 2.09. The van der Waals surface area contributed by atoms with Gasteiger partial charge in [0.15, 0.2) is 0 Å². The van der Waals surface area contributed by atoms with Crippen molar-refractivity contribution in [1.82, 2.24) is 0 Å². The lowest BCUT2D eigenvalue weighted by Crippen LogP contribution is -2.13. The molecule has 0 spiro atoms. The van der Waals surface area contributed by atoms with Crippen molar-refractivity contribution >= 4 is 16.8 Å². The van der Waals surface area contributed by atoms with E-state index in [9.17, 15) is 4.79 Å². The third kappa shape index (κ3) is 0.807. The summed E-state index contributed by atoms with van der Waals surface area (Å²) in [4.78, 5) is 10.8. The number of rotatable bonds is 1. The first-order chi connectivity index (χ1) is 4.77. The summed E-state index contributed by atoms with van der Waals surface area (Å²) in [5.41, 5.74) is 0. The van der Waals surface area contributed by atoms with E-state index in [1.807, 2.05) is 0 Å². The smallest absolute Gasteiger partial charge is 0.225 e. The Kier molecular flexibility index (Phi) is 1.34. The first kappa shape index (κ1) is 6.41. The van der Waals surface area contributed by atoms with Crippen LogP contribution in [0.2, 0.25) is 0 Å². The lowest BCUT2D eigenvalue weighted by molar-refractivity contribution is -0.115. The van der Waals surface area contributed by atoms with Gasteiger partial charge in [-0.3, -0.25) is 4.79 Å². The lowest BCUT2D eigenvalue weighted by Gasteiger charge is -2.11. The molecule has 3 atom stereocenters. The van der Waals surface area contributed by atoms with Crippen molar-refractivity contribution in [1.29, 1.82) is 0 Å². The third-order valence-corrected chi connectivity index (χ3v) is 2.85. The van der Waals surface area contributed by atoms with Gasteiger partial charge in [-0.15, -0.1) is 0 Å². The van der Waals surface area contributed by atoms with Crippen molar-refractivity contribution in [3.8, 4) is 0 Å². The second-order valence-corrected chi connectivity index (χ2v) is 3.56. The van der Waals surface area contributed by atoms with E-state index in [2.05, 4.69) is 12.2 Å². The summed E-state index contributed by atoms with van der Waals surface area (Å²) in [6.45, 7) is 0. The van der Waals surface area contributed by atoms with Gasteiger partial charge in [-0.2, -0.15) is 0 Å². The molecule has 2 aliphatic rings. The Morgan fingerprint density at radius 1 is 1.40 bits per heavy atom. The molecule has 0 aromatic rings. The topological polar surface area (TPSA) is 17.1 Å². The number of allylic oxidation sites excluding steroid dienone is 2. The molecule has 54 valence electrons. The van der Waals surface area contributed by atoms with Crippen molar-refractivity contribution in [2.45, 2.75) is 12.8 Å². The largest absolute Gasteiger partial charge is 0.281 e. The maximum absolute atomic E-state index is 10.8. The van der Waals surface area contributed by atoms with Gasteiger partial charge in [0.25, 0.3) is 0 Å². The molecule has 0 aliphatic heterocycles. The van der Waals surface area contributed by atoms with Crippen LogP contribution in [0, 0.1) is 17.8 Å². The molecule has 2 aliphatic carbocycles. The fourth-order valence-electron chi connectivity index (χ4n) is 2.04. The molecule has 0 amide bonds. The summed E-state index contributed by atoms with van der Waals surface area (Å²) in [7, 11) is 0. The normalized spacial score (nSPS) is 42.7. The molecule has 1 nitrogen and oxygen atoms in total. The van der Waals surface area contributed by atoms with Gasteiger partial charge in [0.1, 0.15) is 0 Å². The Morgan fingerprint density at radius 2 is 2.20 bits per heavy atom. The van der Waals surface area contributed by atoms with Crippen LogP contribution < -0.4 is 0 Å². The lowest BCUT2D eigenvalue weighted by atomic mass is 9.95. The first-order valence-corrected chi connectivity index (χ1v) is 4.03. The molecule has 0 saturated heterocycles. The van der Waals surface area contributed by atoms with Crippen LogP contribution in [0.15, 0.2) is 12.2 Å². The zero-order valence-corrected chi connectivity index (χ0v) is 6.34. The van der Waals surface area contributed by atoms with Crippen LogP contribution >= 0.6 is 11.6 Å². The van der Waals surface area contributed by atoms with Gasteiger partial charge in [0.2, 0.25) is 5.24 Å². The fourth-order valence-corrected chi connectivity index (χ4v) is 2.29. The summed E-state index contributed by atoms with van der Waals surface area (Å²) in [6, 6.07) is 0. The van der Waals surface area contributed by atoms with E-state index in [-0.39, 0.29) is 11.2 Å². The first-order valence-electron chi connectivity index (χ1n) is 3.65. The van der Waals surface area contributed by atoms with Crippen LogP contribution in [0.5, 0.6) is 0 Å². The van der Waals surface area contributed by atoms with Crippen molar-refractivity contribution < 1.29 is 4.79 Å². The summed E-state index contributed by atoms with van der Waals surface area (Å²) in [5.74, 6) is 1.25. The second-order valence-electron chi connectivity index (χ2n) is 3.19. The molecule has 10 heavy (non-hydrogen) atoms. The zero-order chi connectivity index (χ0) is 7.14. The molecule has 0 N–H and O–H groups in total. The average Bonchev–Trinajstić information content (AvgIpc) is 2.44. The van der Waals surface area contributed by atoms with Gasteiger partial charge in [-0.05, 0) is 36.3 Å². The molecule has 1 saturated carbocycles. The van der Waals surface area contributed by atoms with E-state index in [1.54, 1.807) is 0 Å². The van der Waals surface area contributed by atoms with Gasteiger partial charge >= 0.3 is 0 Å². The molecule has 0 heterocycles. The van der Waals surface area contributed by atoms with E-state index in [1.165, 1.54) is 0 Å². The van der Waals surface area contributed by atoms with Gasteiger partial charge in [-0.25, -0.2) is 0 Å². The van der Waals surface area contributed by atoms with E-state index in [4.69, 9.17) is 11.6 Å². The number of carbonyl (C=O) groups is 1. The Morgan fingerprint density at radius 3 is 2.50 bits per heavy atom. The summed E-state index contributed by atoms with van der Waals surface area (Å²) in [6.07, 6.45) is 6.49. The minimum atomic E-state index is -0.142. The Labute approximate surface area is 65.1 Å². The van der Waals surface area contributed by atoms with Crippen LogP contribution in [-0.2, 0) is 4.79 Å². The van der Waals surface area contributed by atoms with E-state index < -0.39 is 0 Å². The highest BCUT2D eigenvalue weighted by Gasteiger charge is 2.38. The molecule has 0 radical (unpaired) electrons.